The van der Waals surface area contributed by atoms with Gasteiger partial charge in [-0.05, 0) is 59.4 Å². The third-order valence-corrected chi connectivity index (χ3v) is 4.49. The van der Waals surface area contributed by atoms with Crippen molar-refractivity contribution >= 4 is 0 Å². The fourth-order valence-electron chi connectivity index (χ4n) is 2.88. The first-order valence-corrected chi connectivity index (χ1v) is 7.09. The van der Waals surface area contributed by atoms with E-state index < -0.39 is 0 Å². The Balaban J connectivity index is 1.82. The lowest BCUT2D eigenvalue weighted by Gasteiger charge is -2.36. The van der Waals surface area contributed by atoms with Crippen LogP contribution in [0.4, 0.5) is 0 Å². The number of likely N-dealkylation sites (tertiary alicyclic amines) is 1. The Morgan fingerprint density at radius 1 is 1.41 bits per heavy atom. The van der Waals surface area contributed by atoms with E-state index >= 15 is 0 Å². The van der Waals surface area contributed by atoms with Crippen molar-refractivity contribution in [3.8, 4) is 0 Å². The molecule has 1 heterocycles. The molecule has 1 atom stereocenters. The number of hydrogen-bond donors (Lipinski definition) is 2. The number of aliphatic hydroxyl groups excluding tert-OH is 1. The minimum absolute atomic E-state index is 0.0835. The quantitative estimate of drug-likeness (QED) is 0.742. The maximum absolute atomic E-state index is 9.58. The topological polar surface area (TPSA) is 35.5 Å². The smallest absolute Gasteiger partial charge is 0.0611 e. The van der Waals surface area contributed by atoms with Gasteiger partial charge in [-0.1, -0.05) is 0 Å². The van der Waals surface area contributed by atoms with E-state index in [9.17, 15) is 5.11 Å². The van der Waals surface area contributed by atoms with Crippen LogP contribution in [0.15, 0.2) is 0 Å². The van der Waals surface area contributed by atoms with Gasteiger partial charge in [0.1, 0.15) is 0 Å². The van der Waals surface area contributed by atoms with Crippen LogP contribution in [0.3, 0.4) is 0 Å². The molecule has 2 fully saturated rings. The van der Waals surface area contributed by atoms with Gasteiger partial charge in [0.2, 0.25) is 0 Å². The van der Waals surface area contributed by atoms with Gasteiger partial charge in [0.05, 0.1) is 6.61 Å². The van der Waals surface area contributed by atoms with Gasteiger partial charge >= 0.3 is 0 Å². The summed E-state index contributed by atoms with van der Waals surface area (Å²) in [6.07, 6.45) is 6.23. The average Bonchev–Trinajstić information content (AvgIpc) is 3.00. The van der Waals surface area contributed by atoms with Gasteiger partial charge in [-0.2, -0.15) is 0 Å². The van der Waals surface area contributed by atoms with E-state index in [1.807, 2.05) is 0 Å². The lowest BCUT2D eigenvalue weighted by atomic mass is 9.96. The first-order chi connectivity index (χ1) is 7.95. The van der Waals surface area contributed by atoms with Crippen LogP contribution >= 0.6 is 0 Å². The van der Waals surface area contributed by atoms with Crippen LogP contribution in [-0.2, 0) is 0 Å². The van der Waals surface area contributed by atoms with Crippen LogP contribution in [-0.4, -0.2) is 46.8 Å². The fraction of sp³-hybridized carbons (Fsp3) is 1.00. The summed E-state index contributed by atoms with van der Waals surface area (Å²) in [5.41, 5.74) is 0.274. The van der Waals surface area contributed by atoms with Crippen LogP contribution in [0.1, 0.15) is 52.9 Å². The van der Waals surface area contributed by atoms with Crippen molar-refractivity contribution in [2.75, 3.05) is 19.7 Å². The van der Waals surface area contributed by atoms with Crippen molar-refractivity contribution < 1.29 is 5.11 Å². The number of nitrogens with one attached hydrogen (secondary N) is 1. The molecule has 1 aliphatic carbocycles. The molecule has 0 radical (unpaired) electrons. The molecule has 3 nitrogen and oxygen atoms in total. The summed E-state index contributed by atoms with van der Waals surface area (Å²) < 4.78 is 0. The summed E-state index contributed by atoms with van der Waals surface area (Å²) in [4.78, 5) is 2.58. The predicted molar refractivity (Wildman–Crippen MR) is 71.2 cm³/mol. The van der Waals surface area contributed by atoms with Crippen molar-refractivity contribution in [3.05, 3.63) is 0 Å². The Kier molecular flexibility index (Phi) is 3.81. The largest absolute Gasteiger partial charge is 0.394 e. The fourth-order valence-corrected chi connectivity index (χ4v) is 2.88. The highest BCUT2D eigenvalue weighted by Crippen LogP contribution is 2.30. The summed E-state index contributed by atoms with van der Waals surface area (Å²) in [5.74, 6) is 0. The van der Waals surface area contributed by atoms with E-state index in [-0.39, 0.29) is 12.1 Å². The zero-order valence-corrected chi connectivity index (χ0v) is 11.6. The first kappa shape index (κ1) is 13.3. The standard InChI is InChI=1S/C14H28N2O/c1-13(2)7-4-9-16(13)10-8-14(3,11-17)15-12-5-6-12/h12,15,17H,4-11H2,1-3H3. The highest BCUT2D eigenvalue weighted by molar-refractivity contribution is 4.95. The molecule has 17 heavy (non-hydrogen) atoms. The summed E-state index contributed by atoms with van der Waals surface area (Å²) >= 11 is 0. The number of rotatable bonds is 6. The molecule has 0 spiro atoms. The van der Waals surface area contributed by atoms with Crippen LogP contribution < -0.4 is 5.32 Å². The number of nitrogens with zero attached hydrogens (tertiary/aromatic N) is 1. The predicted octanol–water partition coefficient (Wildman–Crippen LogP) is 1.75. The number of hydrogen-bond acceptors (Lipinski definition) is 3. The monoisotopic (exact) mass is 240 g/mol. The second-order valence-corrected chi connectivity index (χ2v) is 6.79. The highest BCUT2D eigenvalue weighted by atomic mass is 16.3. The second kappa shape index (κ2) is 4.87. The van der Waals surface area contributed by atoms with Gasteiger partial charge in [0.25, 0.3) is 0 Å². The van der Waals surface area contributed by atoms with Gasteiger partial charge in [0, 0.05) is 23.7 Å². The summed E-state index contributed by atoms with van der Waals surface area (Å²) in [6.45, 7) is 9.41. The molecule has 1 saturated carbocycles. The van der Waals surface area contributed by atoms with Gasteiger partial charge in [-0.25, -0.2) is 0 Å². The van der Waals surface area contributed by atoms with Gasteiger partial charge in [-0.3, -0.25) is 4.90 Å². The van der Waals surface area contributed by atoms with Crippen LogP contribution in [0, 0.1) is 0 Å². The van der Waals surface area contributed by atoms with E-state index in [4.69, 9.17) is 0 Å². The Morgan fingerprint density at radius 2 is 2.12 bits per heavy atom. The van der Waals surface area contributed by atoms with Gasteiger partial charge in [0.15, 0.2) is 0 Å². The van der Waals surface area contributed by atoms with E-state index in [0.717, 1.165) is 13.0 Å². The zero-order chi connectivity index (χ0) is 12.5. The van der Waals surface area contributed by atoms with Crippen LogP contribution in [0.2, 0.25) is 0 Å². The SMILES string of the molecule is CC(CO)(CCN1CCCC1(C)C)NC1CC1. The molecular weight excluding hydrogens is 212 g/mol. The molecule has 0 aromatic carbocycles. The summed E-state index contributed by atoms with van der Waals surface area (Å²) in [5, 5.41) is 13.2. The molecule has 3 heteroatoms. The highest BCUT2D eigenvalue weighted by Gasteiger charge is 2.35. The van der Waals surface area contributed by atoms with Crippen LogP contribution in [0.5, 0.6) is 0 Å². The number of aliphatic hydroxyl groups is 1. The molecule has 2 aliphatic rings. The molecule has 2 N–H and O–H groups in total. The minimum Gasteiger partial charge on any atom is -0.394 e. The molecule has 1 saturated heterocycles. The minimum atomic E-state index is -0.0835. The van der Waals surface area contributed by atoms with Gasteiger partial charge in [-0.15, -0.1) is 0 Å². The van der Waals surface area contributed by atoms with E-state index in [1.54, 1.807) is 0 Å². The molecular formula is C14H28N2O. The first-order valence-electron chi connectivity index (χ1n) is 7.09. The van der Waals surface area contributed by atoms with Crippen molar-refractivity contribution in [3.63, 3.8) is 0 Å². The Labute approximate surface area is 106 Å². The molecule has 1 aliphatic heterocycles. The maximum atomic E-state index is 9.58. The molecule has 100 valence electrons. The maximum Gasteiger partial charge on any atom is 0.0611 e. The second-order valence-electron chi connectivity index (χ2n) is 6.79. The molecule has 0 amide bonds. The lowest BCUT2D eigenvalue weighted by Crippen LogP contribution is -2.50. The molecule has 0 bridgehead atoms. The Bertz CT molecular complexity index is 263. The van der Waals surface area contributed by atoms with Gasteiger partial charge < -0.3 is 10.4 Å². The summed E-state index contributed by atoms with van der Waals surface area (Å²) in [6, 6.07) is 0.665. The van der Waals surface area contributed by atoms with Crippen molar-refractivity contribution in [1.29, 1.82) is 0 Å². The summed E-state index contributed by atoms with van der Waals surface area (Å²) in [7, 11) is 0. The lowest BCUT2D eigenvalue weighted by molar-refractivity contribution is 0.118. The van der Waals surface area contributed by atoms with Crippen molar-refractivity contribution in [2.24, 2.45) is 0 Å². The zero-order valence-electron chi connectivity index (χ0n) is 11.6. The third-order valence-electron chi connectivity index (χ3n) is 4.49. The van der Waals surface area contributed by atoms with Crippen molar-refractivity contribution in [1.82, 2.24) is 10.2 Å². The molecule has 0 aromatic rings. The average molecular weight is 240 g/mol. The van der Waals surface area contributed by atoms with E-state index in [2.05, 4.69) is 31.0 Å². The molecule has 1 unspecified atom stereocenters. The van der Waals surface area contributed by atoms with Crippen molar-refractivity contribution in [2.45, 2.75) is 70.0 Å². The van der Waals surface area contributed by atoms with Crippen LogP contribution in [0.25, 0.3) is 0 Å². The van der Waals surface area contributed by atoms with E-state index in [0.29, 0.717) is 11.6 Å². The molecule has 0 aromatic heterocycles. The Morgan fingerprint density at radius 3 is 2.59 bits per heavy atom. The van der Waals surface area contributed by atoms with E-state index in [1.165, 1.54) is 32.2 Å². The molecule has 2 rings (SSSR count). The Hall–Kier alpha value is -0.120. The third kappa shape index (κ3) is 3.43. The normalized spacial score (nSPS) is 28.2.